The first-order valence-corrected chi connectivity index (χ1v) is 9.60. The maximum absolute atomic E-state index is 12.2. The molecule has 1 saturated carbocycles. The molecule has 6 heteroatoms. The summed E-state index contributed by atoms with van der Waals surface area (Å²) in [6.45, 7) is 3.80. The van der Waals surface area contributed by atoms with Crippen LogP contribution in [0.1, 0.15) is 49.1 Å². The predicted molar refractivity (Wildman–Crippen MR) is 103 cm³/mol. The van der Waals surface area contributed by atoms with Crippen LogP contribution in [0.3, 0.4) is 0 Å². The minimum Gasteiger partial charge on any atom is -0.441 e. The Bertz CT molecular complexity index is 807. The molecule has 0 radical (unpaired) electrons. The number of amides is 2. The lowest BCUT2D eigenvalue weighted by atomic mass is 9.95. The monoisotopic (exact) mass is 369 g/mol. The molecular weight excluding hydrogens is 342 g/mol. The summed E-state index contributed by atoms with van der Waals surface area (Å²) in [4.78, 5) is 28.6. The number of hydrogen-bond acceptors (Lipinski definition) is 4. The van der Waals surface area contributed by atoms with Gasteiger partial charge in [0.15, 0.2) is 0 Å². The smallest absolute Gasteiger partial charge is 0.239 e. The summed E-state index contributed by atoms with van der Waals surface area (Å²) in [6, 6.07) is 8.12. The summed E-state index contributed by atoms with van der Waals surface area (Å²) in [7, 11) is 0. The fourth-order valence-electron chi connectivity index (χ4n) is 3.41. The van der Waals surface area contributed by atoms with Gasteiger partial charge >= 0.3 is 0 Å². The predicted octanol–water partition coefficient (Wildman–Crippen LogP) is 3.07. The number of aromatic nitrogens is 1. The molecule has 27 heavy (non-hydrogen) atoms. The molecule has 1 aliphatic rings. The van der Waals surface area contributed by atoms with Crippen molar-refractivity contribution in [1.82, 2.24) is 15.6 Å². The summed E-state index contributed by atoms with van der Waals surface area (Å²) in [5, 5.41) is 5.67. The highest BCUT2D eigenvalue weighted by atomic mass is 16.4. The number of benzene rings is 1. The summed E-state index contributed by atoms with van der Waals surface area (Å²) < 4.78 is 5.71. The molecule has 0 unspecified atom stereocenters. The first-order chi connectivity index (χ1) is 13.0. The van der Waals surface area contributed by atoms with Crippen LogP contribution in [0.25, 0.3) is 11.5 Å². The van der Waals surface area contributed by atoms with E-state index in [2.05, 4.69) is 15.6 Å². The van der Waals surface area contributed by atoms with Crippen molar-refractivity contribution in [2.45, 2.75) is 58.4 Å². The molecule has 3 rings (SSSR count). The van der Waals surface area contributed by atoms with Crippen LogP contribution in [-0.4, -0.2) is 29.4 Å². The molecule has 2 amide bonds. The maximum Gasteiger partial charge on any atom is 0.239 e. The van der Waals surface area contributed by atoms with Gasteiger partial charge in [0.2, 0.25) is 17.7 Å². The van der Waals surface area contributed by atoms with Crippen molar-refractivity contribution < 1.29 is 14.0 Å². The Morgan fingerprint density at radius 2 is 1.93 bits per heavy atom. The molecule has 0 aliphatic heterocycles. The van der Waals surface area contributed by atoms with Gasteiger partial charge in [-0.3, -0.25) is 9.59 Å². The number of nitrogens with one attached hydrogen (secondary N) is 2. The van der Waals surface area contributed by atoms with Gasteiger partial charge in [-0.25, -0.2) is 4.98 Å². The van der Waals surface area contributed by atoms with Gasteiger partial charge in [0.1, 0.15) is 5.76 Å². The van der Waals surface area contributed by atoms with Gasteiger partial charge in [0, 0.05) is 11.6 Å². The molecule has 1 aliphatic carbocycles. The SMILES string of the molecule is Cc1cccc(-c2nc(CC(=O)NCC(=O)NC3CCCCC3)c(C)o2)c1. The van der Waals surface area contributed by atoms with E-state index in [4.69, 9.17) is 4.42 Å². The summed E-state index contributed by atoms with van der Waals surface area (Å²) >= 11 is 0. The van der Waals surface area contributed by atoms with Crippen molar-refractivity contribution in [3.05, 3.63) is 41.3 Å². The second-order valence-electron chi connectivity index (χ2n) is 7.25. The van der Waals surface area contributed by atoms with E-state index < -0.39 is 0 Å². The maximum atomic E-state index is 12.2. The zero-order valence-corrected chi connectivity index (χ0v) is 16.0. The van der Waals surface area contributed by atoms with E-state index in [1.54, 1.807) is 6.92 Å². The average Bonchev–Trinajstić information content (AvgIpc) is 3.01. The van der Waals surface area contributed by atoms with Crippen LogP contribution in [-0.2, 0) is 16.0 Å². The first kappa shape index (κ1) is 19.1. The standard InChI is InChI=1S/C21H27N3O3/c1-14-7-6-8-16(11-14)21-24-18(15(2)27-21)12-19(25)22-13-20(26)23-17-9-4-3-5-10-17/h6-8,11,17H,3-5,9-10,12-13H2,1-2H3,(H,22,25)(H,23,26). The highest BCUT2D eigenvalue weighted by Gasteiger charge is 2.18. The Balaban J connectivity index is 1.51. The Morgan fingerprint density at radius 1 is 1.15 bits per heavy atom. The molecule has 144 valence electrons. The van der Waals surface area contributed by atoms with Crippen molar-refractivity contribution in [2.75, 3.05) is 6.54 Å². The lowest BCUT2D eigenvalue weighted by Crippen LogP contribution is -2.43. The molecule has 6 nitrogen and oxygen atoms in total. The van der Waals surface area contributed by atoms with E-state index in [1.165, 1.54) is 6.42 Å². The molecule has 1 aromatic heterocycles. The van der Waals surface area contributed by atoms with Crippen molar-refractivity contribution in [1.29, 1.82) is 0 Å². The fourth-order valence-corrected chi connectivity index (χ4v) is 3.41. The summed E-state index contributed by atoms with van der Waals surface area (Å²) in [6.07, 6.45) is 5.71. The van der Waals surface area contributed by atoms with Crippen molar-refractivity contribution in [3.63, 3.8) is 0 Å². The van der Waals surface area contributed by atoms with E-state index in [0.29, 0.717) is 17.3 Å². The van der Waals surface area contributed by atoms with Gasteiger partial charge in [0.05, 0.1) is 18.7 Å². The normalized spacial score (nSPS) is 14.7. The topological polar surface area (TPSA) is 84.2 Å². The summed E-state index contributed by atoms with van der Waals surface area (Å²) in [5.41, 5.74) is 2.60. The zero-order valence-electron chi connectivity index (χ0n) is 16.0. The Labute approximate surface area is 159 Å². The van der Waals surface area contributed by atoms with E-state index in [-0.39, 0.29) is 30.8 Å². The third-order valence-electron chi connectivity index (χ3n) is 4.90. The van der Waals surface area contributed by atoms with Gasteiger partial charge in [-0.05, 0) is 38.8 Å². The molecule has 0 bridgehead atoms. The number of carbonyl (C=O) groups excluding carboxylic acids is 2. The lowest BCUT2D eigenvalue weighted by molar-refractivity contribution is -0.126. The molecule has 0 atom stereocenters. The molecule has 0 saturated heterocycles. The third-order valence-corrected chi connectivity index (χ3v) is 4.90. The summed E-state index contributed by atoms with van der Waals surface area (Å²) in [5.74, 6) is 0.760. The largest absolute Gasteiger partial charge is 0.441 e. The van der Waals surface area contributed by atoms with Crippen LogP contribution < -0.4 is 10.6 Å². The molecule has 2 N–H and O–H groups in total. The Kier molecular flexibility index (Phi) is 6.27. The third kappa shape index (κ3) is 5.42. The van der Waals surface area contributed by atoms with Crippen LogP contribution in [0.4, 0.5) is 0 Å². The first-order valence-electron chi connectivity index (χ1n) is 9.60. The molecule has 2 aromatic rings. The van der Waals surface area contributed by atoms with Crippen LogP contribution in [0.2, 0.25) is 0 Å². The van der Waals surface area contributed by atoms with Crippen molar-refractivity contribution in [3.8, 4) is 11.5 Å². The van der Waals surface area contributed by atoms with Crippen molar-refractivity contribution in [2.24, 2.45) is 0 Å². The molecule has 1 aromatic carbocycles. The van der Waals surface area contributed by atoms with Gasteiger partial charge in [-0.2, -0.15) is 0 Å². The van der Waals surface area contributed by atoms with Gasteiger partial charge in [0.25, 0.3) is 0 Å². The van der Waals surface area contributed by atoms with Crippen LogP contribution in [0.5, 0.6) is 0 Å². The quantitative estimate of drug-likeness (QED) is 0.820. The lowest BCUT2D eigenvalue weighted by Gasteiger charge is -2.22. The number of hydrogen-bond donors (Lipinski definition) is 2. The van der Waals surface area contributed by atoms with E-state index in [1.807, 2.05) is 31.2 Å². The minimum atomic E-state index is -0.235. The van der Waals surface area contributed by atoms with Crippen LogP contribution in [0, 0.1) is 13.8 Å². The molecule has 0 spiro atoms. The second-order valence-corrected chi connectivity index (χ2v) is 7.25. The Morgan fingerprint density at radius 3 is 2.67 bits per heavy atom. The molecule has 1 heterocycles. The molecule has 1 fully saturated rings. The average molecular weight is 369 g/mol. The number of oxazole rings is 1. The fraction of sp³-hybridized carbons (Fsp3) is 0.476. The number of rotatable bonds is 6. The van der Waals surface area contributed by atoms with Crippen LogP contribution >= 0.6 is 0 Å². The van der Waals surface area contributed by atoms with E-state index in [9.17, 15) is 9.59 Å². The van der Waals surface area contributed by atoms with E-state index in [0.717, 1.165) is 36.8 Å². The minimum absolute atomic E-state index is 0.00301. The number of carbonyl (C=O) groups is 2. The second kappa shape index (κ2) is 8.84. The Hall–Kier alpha value is -2.63. The highest BCUT2D eigenvalue weighted by Crippen LogP contribution is 2.22. The van der Waals surface area contributed by atoms with Crippen LogP contribution in [0.15, 0.2) is 28.7 Å². The number of nitrogens with zero attached hydrogens (tertiary/aromatic N) is 1. The zero-order chi connectivity index (χ0) is 19.2. The number of aryl methyl sites for hydroxylation is 2. The van der Waals surface area contributed by atoms with E-state index >= 15 is 0 Å². The van der Waals surface area contributed by atoms with Gasteiger partial charge < -0.3 is 15.1 Å². The van der Waals surface area contributed by atoms with Crippen molar-refractivity contribution >= 4 is 11.8 Å². The highest BCUT2D eigenvalue weighted by molar-refractivity contribution is 5.85. The van der Waals surface area contributed by atoms with Gasteiger partial charge in [-0.15, -0.1) is 0 Å². The molecular formula is C21H27N3O3. The van der Waals surface area contributed by atoms with Gasteiger partial charge in [-0.1, -0.05) is 37.0 Å².